The highest BCUT2D eigenvalue weighted by molar-refractivity contribution is 6.30. The zero-order valence-electron chi connectivity index (χ0n) is 9.32. The van der Waals surface area contributed by atoms with Gasteiger partial charge in [0.05, 0.1) is 6.10 Å². The van der Waals surface area contributed by atoms with Gasteiger partial charge in [0.15, 0.2) is 0 Å². The predicted octanol–water partition coefficient (Wildman–Crippen LogP) is 3.04. The van der Waals surface area contributed by atoms with Gasteiger partial charge in [0.2, 0.25) is 0 Å². The van der Waals surface area contributed by atoms with Crippen molar-refractivity contribution in [1.29, 1.82) is 0 Å². The average Bonchev–Trinajstić information content (AvgIpc) is 2.30. The standard InChI is InChI=1S/C13H18ClNO/c14-11-6-4-10(5-7-11)12(16)13(15)8-2-1-3-9-13/h4-7,12,16H,1-3,8-9,15H2. The van der Waals surface area contributed by atoms with Gasteiger partial charge < -0.3 is 10.8 Å². The molecule has 1 aromatic rings. The molecule has 1 aliphatic carbocycles. The van der Waals surface area contributed by atoms with Crippen LogP contribution in [-0.4, -0.2) is 10.6 Å². The molecular weight excluding hydrogens is 222 g/mol. The first-order valence-corrected chi connectivity index (χ1v) is 6.22. The Labute approximate surface area is 101 Å². The third-order valence-corrected chi connectivity index (χ3v) is 3.77. The van der Waals surface area contributed by atoms with Crippen LogP contribution in [0.2, 0.25) is 5.02 Å². The van der Waals surface area contributed by atoms with E-state index in [0.717, 1.165) is 31.2 Å². The van der Waals surface area contributed by atoms with Crippen LogP contribution >= 0.6 is 11.6 Å². The van der Waals surface area contributed by atoms with E-state index in [1.54, 1.807) is 12.1 Å². The van der Waals surface area contributed by atoms with Gasteiger partial charge in [-0.05, 0) is 30.5 Å². The molecule has 1 fully saturated rings. The number of hydrogen-bond acceptors (Lipinski definition) is 2. The summed E-state index contributed by atoms with van der Waals surface area (Å²) in [4.78, 5) is 0. The molecule has 0 saturated heterocycles. The van der Waals surface area contributed by atoms with E-state index in [4.69, 9.17) is 17.3 Å². The number of benzene rings is 1. The Morgan fingerprint density at radius 3 is 2.25 bits per heavy atom. The van der Waals surface area contributed by atoms with Crippen LogP contribution in [-0.2, 0) is 0 Å². The summed E-state index contributed by atoms with van der Waals surface area (Å²) in [5.41, 5.74) is 6.71. The Morgan fingerprint density at radius 2 is 1.69 bits per heavy atom. The molecule has 3 heteroatoms. The van der Waals surface area contributed by atoms with Crippen LogP contribution in [0.4, 0.5) is 0 Å². The topological polar surface area (TPSA) is 46.2 Å². The van der Waals surface area contributed by atoms with E-state index in [1.807, 2.05) is 12.1 Å². The van der Waals surface area contributed by atoms with Crippen LogP contribution in [0.1, 0.15) is 43.8 Å². The molecule has 0 aliphatic heterocycles. The lowest BCUT2D eigenvalue weighted by molar-refractivity contribution is 0.0587. The zero-order chi connectivity index (χ0) is 11.6. The van der Waals surface area contributed by atoms with Crippen molar-refractivity contribution >= 4 is 11.6 Å². The van der Waals surface area contributed by atoms with Crippen molar-refractivity contribution in [3.8, 4) is 0 Å². The van der Waals surface area contributed by atoms with Gasteiger partial charge in [0, 0.05) is 10.6 Å². The Kier molecular flexibility index (Phi) is 3.53. The molecule has 88 valence electrons. The molecule has 0 amide bonds. The SMILES string of the molecule is NC1(C(O)c2ccc(Cl)cc2)CCCCC1. The first kappa shape index (κ1) is 11.9. The first-order valence-electron chi connectivity index (χ1n) is 5.84. The first-order chi connectivity index (χ1) is 7.62. The second kappa shape index (κ2) is 4.74. The molecule has 0 bridgehead atoms. The monoisotopic (exact) mass is 239 g/mol. The maximum absolute atomic E-state index is 10.3. The van der Waals surface area contributed by atoms with E-state index in [9.17, 15) is 5.11 Å². The number of halogens is 1. The Bertz CT molecular complexity index is 343. The lowest BCUT2D eigenvalue weighted by Gasteiger charge is -2.37. The van der Waals surface area contributed by atoms with Crippen LogP contribution in [0.15, 0.2) is 24.3 Å². The molecule has 0 spiro atoms. The Morgan fingerprint density at radius 1 is 1.12 bits per heavy atom. The lowest BCUT2D eigenvalue weighted by Crippen LogP contribution is -2.47. The second-order valence-electron chi connectivity index (χ2n) is 4.75. The van der Waals surface area contributed by atoms with Crippen LogP contribution < -0.4 is 5.73 Å². The van der Waals surface area contributed by atoms with Crippen molar-refractivity contribution in [1.82, 2.24) is 0 Å². The number of aliphatic hydroxyl groups excluding tert-OH is 1. The summed E-state index contributed by atoms with van der Waals surface area (Å²) >= 11 is 5.82. The predicted molar refractivity (Wildman–Crippen MR) is 66.4 cm³/mol. The van der Waals surface area contributed by atoms with Gasteiger partial charge >= 0.3 is 0 Å². The van der Waals surface area contributed by atoms with Crippen LogP contribution in [0.3, 0.4) is 0 Å². The molecule has 2 nitrogen and oxygen atoms in total. The summed E-state index contributed by atoms with van der Waals surface area (Å²) in [6.45, 7) is 0. The second-order valence-corrected chi connectivity index (χ2v) is 5.18. The van der Waals surface area contributed by atoms with Crippen molar-refractivity contribution < 1.29 is 5.11 Å². The molecule has 0 heterocycles. The van der Waals surface area contributed by atoms with Gasteiger partial charge in [-0.1, -0.05) is 43.0 Å². The van der Waals surface area contributed by atoms with Crippen LogP contribution in [0.5, 0.6) is 0 Å². The molecule has 2 rings (SSSR count). The molecule has 1 aliphatic rings. The van der Waals surface area contributed by atoms with Gasteiger partial charge in [-0.2, -0.15) is 0 Å². The summed E-state index contributed by atoms with van der Waals surface area (Å²) in [5, 5.41) is 11.0. The largest absolute Gasteiger partial charge is 0.386 e. The summed E-state index contributed by atoms with van der Waals surface area (Å²) in [6.07, 6.45) is 4.67. The number of nitrogens with two attached hydrogens (primary N) is 1. The van der Waals surface area contributed by atoms with E-state index >= 15 is 0 Å². The molecule has 1 saturated carbocycles. The minimum atomic E-state index is -0.579. The number of hydrogen-bond donors (Lipinski definition) is 2. The fraction of sp³-hybridized carbons (Fsp3) is 0.538. The smallest absolute Gasteiger partial charge is 0.0969 e. The number of rotatable bonds is 2. The van der Waals surface area contributed by atoms with Crippen molar-refractivity contribution in [3.05, 3.63) is 34.9 Å². The maximum atomic E-state index is 10.3. The molecule has 16 heavy (non-hydrogen) atoms. The van der Waals surface area contributed by atoms with Gasteiger partial charge in [0.25, 0.3) is 0 Å². The van der Waals surface area contributed by atoms with E-state index < -0.39 is 11.6 Å². The van der Waals surface area contributed by atoms with Crippen molar-refractivity contribution in [2.45, 2.75) is 43.7 Å². The summed E-state index contributed by atoms with van der Waals surface area (Å²) < 4.78 is 0. The highest BCUT2D eigenvalue weighted by Crippen LogP contribution is 2.36. The molecule has 1 aromatic carbocycles. The van der Waals surface area contributed by atoms with Crippen molar-refractivity contribution in [2.24, 2.45) is 5.73 Å². The lowest BCUT2D eigenvalue weighted by atomic mass is 9.76. The van der Waals surface area contributed by atoms with Gasteiger partial charge in [0.1, 0.15) is 0 Å². The Hall–Kier alpha value is -0.570. The fourth-order valence-corrected chi connectivity index (χ4v) is 2.59. The number of aliphatic hydroxyl groups is 1. The molecule has 1 atom stereocenters. The van der Waals surface area contributed by atoms with E-state index in [-0.39, 0.29) is 0 Å². The van der Waals surface area contributed by atoms with Crippen LogP contribution in [0.25, 0.3) is 0 Å². The van der Waals surface area contributed by atoms with E-state index in [2.05, 4.69) is 0 Å². The highest BCUT2D eigenvalue weighted by Gasteiger charge is 2.35. The molecular formula is C13H18ClNO. The van der Waals surface area contributed by atoms with Gasteiger partial charge in [-0.15, -0.1) is 0 Å². The third-order valence-electron chi connectivity index (χ3n) is 3.51. The van der Waals surface area contributed by atoms with E-state index in [1.165, 1.54) is 6.42 Å². The summed E-state index contributed by atoms with van der Waals surface area (Å²) in [7, 11) is 0. The third kappa shape index (κ3) is 2.40. The summed E-state index contributed by atoms with van der Waals surface area (Å²) in [5.74, 6) is 0. The average molecular weight is 240 g/mol. The van der Waals surface area contributed by atoms with Gasteiger partial charge in [-0.3, -0.25) is 0 Å². The van der Waals surface area contributed by atoms with Crippen molar-refractivity contribution in [3.63, 3.8) is 0 Å². The maximum Gasteiger partial charge on any atom is 0.0969 e. The minimum Gasteiger partial charge on any atom is -0.386 e. The summed E-state index contributed by atoms with van der Waals surface area (Å²) in [6, 6.07) is 7.31. The van der Waals surface area contributed by atoms with Crippen molar-refractivity contribution in [2.75, 3.05) is 0 Å². The molecule has 0 aromatic heterocycles. The molecule has 1 unspecified atom stereocenters. The molecule has 0 radical (unpaired) electrons. The highest BCUT2D eigenvalue weighted by atomic mass is 35.5. The molecule has 3 N–H and O–H groups in total. The van der Waals surface area contributed by atoms with E-state index in [0.29, 0.717) is 5.02 Å². The quantitative estimate of drug-likeness (QED) is 0.833. The minimum absolute atomic E-state index is 0.452. The normalized spacial score (nSPS) is 21.7. The fourth-order valence-electron chi connectivity index (χ4n) is 2.46. The Balaban J connectivity index is 2.16. The van der Waals surface area contributed by atoms with Crippen LogP contribution in [0, 0.1) is 0 Å². The zero-order valence-corrected chi connectivity index (χ0v) is 10.1. The van der Waals surface area contributed by atoms with Gasteiger partial charge in [-0.25, -0.2) is 0 Å².